The fourth-order valence-corrected chi connectivity index (χ4v) is 5.04. The standard InChI is InChI=1S/2C18H34O2.6C3H8O3/c2*1-2-3-4-5-6-7-8-9-10-11-12-13-14-15-16-17-18(19)20;6*4-1-3(6)2-5/h2*9-10H,2-8,11-17H2,1H3,(H,19,20);6*3-6H,1-2H2/b2*10-9-;;;;;;. The van der Waals surface area contributed by atoms with Crippen LogP contribution in [0.1, 0.15) is 194 Å². The van der Waals surface area contributed by atoms with Gasteiger partial charge in [0, 0.05) is 12.8 Å². The van der Waals surface area contributed by atoms with Crippen molar-refractivity contribution in [3.8, 4) is 0 Å². The van der Waals surface area contributed by atoms with E-state index >= 15 is 0 Å². The number of hydrogen-bond acceptors (Lipinski definition) is 20. The molecule has 0 atom stereocenters. The quantitative estimate of drug-likeness (QED) is 0.0308. The maximum Gasteiger partial charge on any atom is 0.303 e. The Morgan fingerprint density at radius 3 is 0.539 bits per heavy atom. The second-order valence-corrected chi connectivity index (χ2v) is 17.6. The molecule has 0 amide bonds. The lowest BCUT2D eigenvalue weighted by molar-refractivity contribution is -0.138. The molecule has 0 heterocycles. The van der Waals surface area contributed by atoms with Gasteiger partial charge in [0.2, 0.25) is 0 Å². The lowest BCUT2D eigenvalue weighted by Crippen LogP contribution is -2.15. The van der Waals surface area contributed by atoms with Crippen molar-refractivity contribution in [2.45, 2.75) is 230 Å². The van der Waals surface area contributed by atoms with Gasteiger partial charge in [0.05, 0.1) is 79.3 Å². The second-order valence-electron chi connectivity index (χ2n) is 17.6. The van der Waals surface area contributed by atoms with Crippen molar-refractivity contribution in [3.05, 3.63) is 24.3 Å². The molecule has 0 radical (unpaired) electrons. The number of carbonyl (C=O) groups is 2. The highest BCUT2D eigenvalue weighted by atomic mass is 16.4. The highest BCUT2D eigenvalue weighted by Crippen LogP contribution is 2.11. The molecule has 0 aliphatic rings. The van der Waals surface area contributed by atoms with Crippen LogP contribution in [0.25, 0.3) is 0 Å². The van der Waals surface area contributed by atoms with E-state index in [0.717, 1.165) is 25.7 Å². The number of aliphatic carboxylic acids is 2. The van der Waals surface area contributed by atoms with Crippen LogP contribution in [-0.4, -0.2) is 230 Å². The summed E-state index contributed by atoms with van der Waals surface area (Å²) in [5.74, 6) is -1.33. The molecular formula is C54H116O22. The summed E-state index contributed by atoms with van der Waals surface area (Å²) >= 11 is 0. The Bertz CT molecular complexity index is 910. The fourth-order valence-electron chi connectivity index (χ4n) is 5.04. The molecule has 20 N–H and O–H groups in total. The zero-order valence-electron chi connectivity index (χ0n) is 46.8. The summed E-state index contributed by atoms with van der Waals surface area (Å²) in [4.78, 5) is 20.6. The van der Waals surface area contributed by atoms with Crippen molar-refractivity contribution in [1.29, 1.82) is 0 Å². The van der Waals surface area contributed by atoms with Crippen LogP contribution >= 0.6 is 0 Å². The van der Waals surface area contributed by atoms with Gasteiger partial charge in [0.25, 0.3) is 0 Å². The van der Waals surface area contributed by atoms with Crippen molar-refractivity contribution in [2.75, 3.05) is 79.3 Å². The van der Waals surface area contributed by atoms with Crippen molar-refractivity contribution < 1.29 is 112 Å². The zero-order chi connectivity index (χ0) is 59.7. The van der Waals surface area contributed by atoms with E-state index in [0.29, 0.717) is 12.8 Å². The minimum atomic E-state index is -0.954. The summed E-state index contributed by atoms with van der Waals surface area (Å²) in [6.45, 7) is 0.143. The summed E-state index contributed by atoms with van der Waals surface area (Å²) in [5.41, 5.74) is 0. The summed E-state index contributed by atoms with van der Waals surface area (Å²) < 4.78 is 0. The third-order valence-corrected chi connectivity index (χ3v) is 9.83. The molecule has 0 rings (SSSR count). The van der Waals surface area contributed by atoms with Crippen molar-refractivity contribution in [2.24, 2.45) is 0 Å². The minimum absolute atomic E-state index is 0.332. The third-order valence-electron chi connectivity index (χ3n) is 9.83. The lowest BCUT2D eigenvalue weighted by Gasteiger charge is -1.99. The topological polar surface area (TPSA) is 439 Å². The average molecular weight is 1120 g/mol. The van der Waals surface area contributed by atoms with E-state index in [2.05, 4.69) is 38.2 Å². The van der Waals surface area contributed by atoms with E-state index in [4.69, 9.17) is 102 Å². The van der Waals surface area contributed by atoms with Crippen LogP contribution < -0.4 is 0 Å². The van der Waals surface area contributed by atoms with E-state index in [1.54, 1.807) is 0 Å². The van der Waals surface area contributed by atoms with Crippen LogP contribution in [0.15, 0.2) is 24.3 Å². The first-order valence-corrected chi connectivity index (χ1v) is 27.5. The van der Waals surface area contributed by atoms with Crippen molar-refractivity contribution in [1.82, 2.24) is 0 Å². The minimum Gasteiger partial charge on any atom is -0.481 e. The van der Waals surface area contributed by atoms with Crippen molar-refractivity contribution in [3.63, 3.8) is 0 Å². The van der Waals surface area contributed by atoms with Gasteiger partial charge in [-0.2, -0.15) is 0 Å². The zero-order valence-corrected chi connectivity index (χ0v) is 46.8. The summed E-state index contributed by atoms with van der Waals surface area (Å²) in [5, 5.41) is 161. The molecule has 0 aliphatic carbocycles. The Morgan fingerprint density at radius 2 is 0.408 bits per heavy atom. The van der Waals surface area contributed by atoms with Gasteiger partial charge >= 0.3 is 11.9 Å². The number of carboxylic acid groups (broad SMARTS) is 2. The van der Waals surface area contributed by atoms with Gasteiger partial charge in [0.1, 0.15) is 36.6 Å². The Labute approximate surface area is 456 Å². The monoisotopic (exact) mass is 1120 g/mol. The van der Waals surface area contributed by atoms with E-state index in [1.807, 2.05) is 0 Å². The first-order valence-electron chi connectivity index (χ1n) is 27.5. The number of allylic oxidation sites excluding steroid dienone is 4. The van der Waals surface area contributed by atoms with Crippen LogP contribution in [0, 0.1) is 0 Å². The SMILES string of the molecule is CCCCCCCC/C=C\CCCCCCCC(=O)O.CCCCCCCC/C=C\CCCCCCCC(=O)O.OCC(O)CO.OCC(O)CO.OCC(O)CO.OCC(O)CO.OCC(O)CO.OCC(O)CO. The number of unbranched alkanes of at least 4 members (excludes halogenated alkanes) is 22. The van der Waals surface area contributed by atoms with Crippen molar-refractivity contribution >= 4 is 11.9 Å². The van der Waals surface area contributed by atoms with Gasteiger partial charge in [-0.25, -0.2) is 0 Å². The molecule has 0 aromatic rings. The molecule has 0 fully saturated rings. The van der Waals surface area contributed by atoms with Gasteiger partial charge in [-0.3, -0.25) is 9.59 Å². The smallest absolute Gasteiger partial charge is 0.303 e. The van der Waals surface area contributed by atoms with Gasteiger partial charge < -0.3 is 102 Å². The van der Waals surface area contributed by atoms with E-state index < -0.39 is 48.6 Å². The number of rotatable bonds is 42. The maximum atomic E-state index is 10.3. The number of aliphatic hydroxyl groups is 18. The predicted octanol–water partition coefficient (Wildman–Crippen LogP) is 2.21. The molecular weight excluding hydrogens is 1000 g/mol. The molecule has 464 valence electrons. The molecule has 76 heavy (non-hydrogen) atoms. The summed E-state index contributed by atoms with van der Waals surface area (Å²) in [7, 11) is 0. The Morgan fingerprint density at radius 1 is 0.263 bits per heavy atom. The predicted molar refractivity (Wildman–Crippen MR) is 295 cm³/mol. The molecule has 0 saturated heterocycles. The number of hydrogen-bond donors (Lipinski definition) is 20. The van der Waals surface area contributed by atoms with Crippen LogP contribution in [0.3, 0.4) is 0 Å². The average Bonchev–Trinajstić information content (AvgIpc) is 3.44. The summed E-state index contributed by atoms with van der Waals surface area (Å²) in [6, 6.07) is 0. The molecule has 0 unspecified atom stereocenters. The van der Waals surface area contributed by atoms with Gasteiger partial charge in [-0.1, -0.05) is 141 Å². The molecule has 0 aromatic heterocycles. The highest BCUT2D eigenvalue weighted by Gasteiger charge is 1.99. The summed E-state index contributed by atoms with van der Waals surface area (Å²) in [6.07, 6.45) is 36.8. The van der Waals surface area contributed by atoms with Gasteiger partial charge in [-0.15, -0.1) is 0 Å². The fraction of sp³-hybridized carbons (Fsp3) is 0.889. The molecule has 0 saturated carbocycles. The van der Waals surface area contributed by atoms with Crippen LogP contribution in [0.4, 0.5) is 0 Å². The van der Waals surface area contributed by atoms with Crippen LogP contribution in [0.2, 0.25) is 0 Å². The first-order chi connectivity index (χ1) is 36.4. The molecule has 0 spiro atoms. The van der Waals surface area contributed by atoms with E-state index in [9.17, 15) is 9.59 Å². The normalized spacial score (nSPS) is 10.7. The molecule has 0 aliphatic heterocycles. The molecule has 0 aromatic carbocycles. The number of aliphatic hydroxyl groups excluding tert-OH is 18. The largest absolute Gasteiger partial charge is 0.481 e. The first kappa shape index (κ1) is 90.2. The Kier molecular flexibility index (Phi) is 103. The lowest BCUT2D eigenvalue weighted by atomic mass is 10.1. The van der Waals surface area contributed by atoms with E-state index in [-0.39, 0.29) is 79.3 Å². The van der Waals surface area contributed by atoms with Gasteiger partial charge in [0.15, 0.2) is 0 Å². The Hall–Kier alpha value is -2.30. The van der Waals surface area contributed by atoms with Crippen LogP contribution in [0.5, 0.6) is 0 Å². The third kappa shape index (κ3) is 116. The second kappa shape index (κ2) is 86.6. The Balaban J connectivity index is -0.000000125. The molecule has 22 heteroatoms. The van der Waals surface area contributed by atoms with Crippen LogP contribution in [-0.2, 0) is 9.59 Å². The molecule has 0 bridgehead atoms. The molecule has 22 nitrogen and oxygen atoms in total. The maximum absolute atomic E-state index is 10.3. The van der Waals surface area contributed by atoms with E-state index in [1.165, 1.54) is 141 Å². The number of carboxylic acids is 2. The van der Waals surface area contributed by atoms with Gasteiger partial charge in [-0.05, 0) is 64.2 Å². The highest BCUT2D eigenvalue weighted by molar-refractivity contribution is 5.66.